The van der Waals surface area contributed by atoms with Gasteiger partial charge in [-0.1, -0.05) is 6.07 Å². The molecule has 3 rings (SSSR count). The van der Waals surface area contributed by atoms with Crippen molar-refractivity contribution in [3.05, 3.63) is 54.2 Å². The maximum atomic E-state index is 13.5. The molecule has 2 aromatic heterocycles. The molecular weight excluding hydrogens is 295 g/mol. The van der Waals surface area contributed by atoms with Gasteiger partial charge < -0.3 is 10.5 Å². The maximum Gasteiger partial charge on any atom is 0.137 e. The van der Waals surface area contributed by atoms with E-state index >= 15 is 0 Å². The number of benzene rings is 1. The lowest BCUT2D eigenvalue weighted by atomic mass is 10.0. The fourth-order valence-electron chi connectivity index (χ4n) is 2.41. The zero-order valence-corrected chi connectivity index (χ0v) is 12.7. The number of hydrogen-bond donors (Lipinski definition) is 1. The van der Waals surface area contributed by atoms with E-state index in [1.54, 1.807) is 19.2 Å². The van der Waals surface area contributed by atoms with Gasteiger partial charge in [0.05, 0.1) is 24.1 Å². The predicted molar refractivity (Wildman–Crippen MR) is 86.4 cm³/mol. The van der Waals surface area contributed by atoms with Crippen molar-refractivity contribution in [3.8, 4) is 28.3 Å². The third-order valence-corrected chi connectivity index (χ3v) is 3.39. The summed E-state index contributed by atoms with van der Waals surface area (Å²) in [6.45, 7) is 1.75. The highest BCUT2D eigenvalue weighted by Crippen LogP contribution is 2.37. The molecule has 0 aliphatic heterocycles. The second kappa shape index (κ2) is 6.00. The summed E-state index contributed by atoms with van der Waals surface area (Å²) in [6, 6.07) is 9.77. The molecule has 0 saturated heterocycles. The maximum absolute atomic E-state index is 13.5. The summed E-state index contributed by atoms with van der Waals surface area (Å²) in [6.07, 6.45) is 1.67. The van der Waals surface area contributed by atoms with Gasteiger partial charge in [-0.2, -0.15) is 0 Å². The van der Waals surface area contributed by atoms with Crippen LogP contribution in [0.1, 0.15) is 5.82 Å². The van der Waals surface area contributed by atoms with Crippen molar-refractivity contribution in [1.82, 2.24) is 15.0 Å². The lowest BCUT2D eigenvalue weighted by Crippen LogP contribution is -2.04. The number of rotatable bonds is 3. The highest BCUT2D eigenvalue weighted by molar-refractivity contribution is 5.87. The zero-order valence-electron chi connectivity index (χ0n) is 12.7. The molecule has 0 unspecified atom stereocenters. The number of methoxy groups -OCH3 is 1. The highest BCUT2D eigenvalue weighted by Gasteiger charge is 2.19. The fraction of sp³-hybridized carbons (Fsp3) is 0.118. The van der Waals surface area contributed by atoms with E-state index in [4.69, 9.17) is 10.5 Å². The molecule has 116 valence electrons. The summed E-state index contributed by atoms with van der Waals surface area (Å²) < 4.78 is 18.8. The quantitative estimate of drug-likeness (QED) is 0.804. The van der Waals surface area contributed by atoms with Crippen molar-refractivity contribution in [2.24, 2.45) is 0 Å². The van der Waals surface area contributed by atoms with Gasteiger partial charge in [0.2, 0.25) is 0 Å². The topological polar surface area (TPSA) is 73.9 Å². The molecule has 0 aliphatic rings. The van der Waals surface area contributed by atoms with Gasteiger partial charge in [0.25, 0.3) is 0 Å². The molecule has 0 bridgehead atoms. The minimum absolute atomic E-state index is 0.317. The Balaban J connectivity index is 2.32. The minimum Gasteiger partial charge on any atom is -0.496 e. The van der Waals surface area contributed by atoms with Gasteiger partial charge in [-0.3, -0.25) is 4.98 Å². The van der Waals surface area contributed by atoms with Crippen molar-refractivity contribution in [1.29, 1.82) is 0 Å². The van der Waals surface area contributed by atoms with Crippen LogP contribution >= 0.6 is 0 Å². The molecule has 0 radical (unpaired) electrons. The van der Waals surface area contributed by atoms with Crippen molar-refractivity contribution in [2.45, 2.75) is 6.92 Å². The van der Waals surface area contributed by atoms with Crippen LogP contribution in [0.2, 0.25) is 0 Å². The number of nitrogens with two attached hydrogens (primary N) is 1. The van der Waals surface area contributed by atoms with Crippen molar-refractivity contribution in [3.63, 3.8) is 0 Å². The number of nitrogens with zero attached hydrogens (tertiary/aromatic N) is 3. The predicted octanol–water partition coefficient (Wildman–Crippen LogP) is 3.24. The Hall–Kier alpha value is -3.02. The van der Waals surface area contributed by atoms with E-state index < -0.39 is 0 Å². The molecule has 0 saturated carbocycles. The molecule has 5 nitrogen and oxygen atoms in total. The average molecular weight is 310 g/mol. The summed E-state index contributed by atoms with van der Waals surface area (Å²) in [5.41, 5.74) is 8.54. The van der Waals surface area contributed by atoms with Gasteiger partial charge in [0.15, 0.2) is 0 Å². The van der Waals surface area contributed by atoms with E-state index in [0.29, 0.717) is 39.9 Å². The standard InChI is InChI=1S/C17H15FN4O/c1-10-21-16(12-7-6-11(18)9-14(12)23-2)15(17(19)22-10)13-5-3-4-8-20-13/h3-9H,1-2H3,(H2,19,21,22). The van der Waals surface area contributed by atoms with E-state index in [0.717, 1.165) is 0 Å². The molecule has 6 heteroatoms. The largest absolute Gasteiger partial charge is 0.496 e. The van der Waals surface area contributed by atoms with Crippen LogP contribution in [-0.2, 0) is 0 Å². The number of halogens is 1. The molecule has 0 aliphatic carbocycles. The molecule has 1 aromatic carbocycles. The summed E-state index contributed by atoms with van der Waals surface area (Å²) in [4.78, 5) is 13.0. The van der Waals surface area contributed by atoms with Crippen molar-refractivity contribution < 1.29 is 9.13 Å². The first-order valence-corrected chi connectivity index (χ1v) is 6.99. The molecule has 0 atom stereocenters. The van der Waals surface area contributed by atoms with Crippen LogP contribution in [0, 0.1) is 12.7 Å². The van der Waals surface area contributed by atoms with E-state index in [1.165, 1.54) is 19.2 Å². The molecule has 2 heterocycles. The number of aryl methyl sites for hydroxylation is 1. The zero-order chi connectivity index (χ0) is 16.4. The summed E-state index contributed by atoms with van der Waals surface area (Å²) >= 11 is 0. The Labute approximate surface area is 133 Å². The molecule has 0 amide bonds. The van der Waals surface area contributed by atoms with E-state index in [2.05, 4.69) is 15.0 Å². The molecule has 23 heavy (non-hydrogen) atoms. The van der Waals surface area contributed by atoms with Gasteiger partial charge in [0.1, 0.15) is 23.2 Å². The first kappa shape index (κ1) is 14.9. The second-order valence-electron chi connectivity index (χ2n) is 4.94. The van der Waals surface area contributed by atoms with E-state index in [9.17, 15) is 4.39 Å². The van der Waals surface area contributed by atoms with E-state index in [-0.39, 0.29) is 5.82 Å². The van der Waals surface area contributed by atoms with E-state index in [1.807, 2.05) is 18.2 Å². The van der Waals surface area contributed by atoms with Crippen molar-refractivity contribution in [2.75, 3.05) is 12.8 Å². The van der Waals surface area contributed by atoms with Crippen molar-refractivity contribution >= 4 is 5.82 Å². The summed E-state index contributed by atoms with van der Waals surface area (Å²) in [5, 5.41) is 0. The van der Waals surface area contributed by atoms with Gasteiger partial charge in [0, 0.05) is 17.8 Å². The van der Waals surface area contributed by atoms with Crippen LogP contribution in [0.5, 0.6) is 5.75 Å². The Morgan fingerprint density at radius 3 is 2.65 bits per heavy atom. The van der Waals surface area contributed by atoms with Gasteiger partial charge in [-0.15, -0.1) is 0 Å². The SMILES string of the molecule is COc1cc(F)ccc1-c1nc(C)nc(N)c1-c1ccccn1. The molecule has 0 fully saturated rings. The smallest absolute Gasteiger partial charge is 0.137 e. The molecule has 2 N–H and O–H groups in total. The van der Waals surface area contributed by atoms with Crippen LogP contribution in [0.25, 0.3) is 22.5 Å². The van der Waals surface area contributed by atoms with Crippen LogP contribution < -0.4 is 10.5 Å². The van der Waals surface area contributed by atoms with Gasteiger partial charge in [-0.25, -0.2) is 14.4 Å². The van der Waals surface area contributed by atoms with Crippen LogP contribution in [-0.4, -0.2) is 22.1 Å². The third kappa shape index (κ3) is 2.83. The third-order valence-electron chi connectivity index (χ3n) is 3.39. The fourth-order valence-corrected chi connectivity index (χ4v) is 2.41. The number of ether oxygens (including phenoxy) is 1. The first-order valence-electron chi connectivity index (χ1n) is 6.99. The molecular formula is C17H15FN4O. The molecule has 0 spiro atoms. The number of aromatic nitrogens is 3. The number of pyridine rings is 1. The lowest BCUT2D eigenvalue weighted by molar-refractivity contribution is 0.413. The van der Waals surface area contributed by atoms with Crippen LogP contribution in [0.4, 0.5) is 10.2 Å². The minimum atomic E-state index is -0.385. The van der Waals surface area contributed by atoms with Crippen LogP contribution in [0.3, 0.4) is 0 Å². The van der Waals surface area contributed by atoms with Crippen LogP contribution in [0.15, 0.2) is 42.6 Å². The van der Waals surface area contributed by atoms with Gasteiger partial charge >= 0.3 is 0 Å². The summed E-state index contributed by atoms with van der Waals surface area (Å²) in [5.74, 6) is 0.824. The summed E-state index contributed by atoms with van der Waals surface area (Å²) in [7, 11) is 1.48. The van der Waals surface area contributed by atoms with Gasteiger partial charge in [-0.05, 0) is 31.2 Å². The Morgan fingerprint density at radius 2 is 1.96 bits per heavy atom. The molecule has 3 aromatic rings. The number of hydrogen-bond acceptors (Lipinski definition) is 5. The average Bonchev–Trinajstić information content (AvgIpc) is 2.54. The second-order valence-corrected chi connectivity index (χ2v) is 4.94. The number of nitrogen functional groups attached to an aromatic ring is 1. The Bertz CT molecular complexity index is 853. The number of anilines is 1. The highest BCUT2D eigenvalue weighted by atomic mass is 19.1. The lowest BCUT2D eigenvalue weighted by Gasteiger charge is -2.14. The normalized spacial score (nSPS) is 10.6. The first-order chi connectivity index (χ1) is 11.1. The Kier molecular flexibility index (Phi) is 3.89. The Morgan fingerprint density at radius 1 is 1.13 bits per heavy atom. The monoisotopic (exact) mass is 310 g/mol.